The van der Waals surface area contributed by atoms with Gasteiger partial charge in [-0.05, 0) is 53.6 Å². The summed E-state index contributed by atoms with van der Waals surface area (Å²) in [7, 11) is 0. The Morgan fingerprint density at radius 2 is 1.74 bits per heavy atom. The lowest BCUT2D eigenvalue weighted by atomic mass is 9.78. The number of carboxylic acids is 1. The Bertz CT molecular complexity index is 1250. The van der Waals surface area contributed by atoms with Gasteiger partial charge >= 0.3 is 12.1 Å². The van der Waals surface area contributed by atoms with Crippen molar-refractivity contribution in [3.8, 4) is 0 Å². The van der Waals surface area contributed by atoms with Gasteiger partial charge in [-0.25, -0.2) is 9.78 Å². The first-order valence-corrected chi connectivity index (χ1v) is 10.5. The molecule has 11 heteroatoms. The van der Waals surface area contributed by atoms with Gasteiger partial charge in [0.05, 0.1) is 5.56 Å². The van der Waals surface area contributed by atoms with Gasteiger partial charge < -0.3 is 15.5 Å². The molecular weight excluding hydrogens is 496 g/mol. The standard InChI is InChI=1S/C23H17Cl2F3N2O4/c1-12(22(34,23(26,27)28)15-7-8-29-19(25)11-15)17-6-5-13(10-18(17)24)20(31)30-16-4-2-3-14(9-16)21(32)33/h2-12,34H,1H3,(H,30,31)(H,32,33). The number of nitrogens with zero attached hydrogens (tertiary/aromatic N) is 1. The number of aromatic carboxylic acids is 1. The van der Waals surface area contributed by atoms with E-state index >= 15 is 0 Å². The molecule has 3 rings (SSSR count). The molecule has 6 nitrogen and oxygen atoms in total. The summed E-state index contributed by atoms with van der Waals surface area (Å²) in [6.07, 6.45) is -4.04. The summed E-state index contributed by atoms with van der Waals surface area (Å²) in [5, 5.41) is 22.0. The van der Waals surface area contributed by atoms with E-state index in [1.54, 1.807) is 0 Å². The number of hydrogen-bond donors (Lipinski definition) is 3. The SMILES string of the molecule is CC(c1ccc(C(=O)Nc2cccc(C(=O)O)c2)cc1Cl)C(O)(c1ccnc(Cl)c1)C(F)(F)F. The summed E-state index contributed by atoms with van der Waals surface area (Å²) in [4.78, 5) is 27.3. The van der Waals surface area contributed by atoms with Gasteiger partial charge in [-0.2, -0.15) is 13.2 Å². The van der Waals surface area contributed by atoms with Crippen LogP contribution in [0.15, 0.2) is 60.8 Å². The van der Waals surface area contributed by atoms with Gasteiger partial charge in [0.15, 0.2) is 5.60 Å². The largest absolute Gasteiger partial charge is 0.478 e. The summed E-state index contributed by atoms with van der Waals surface area (Å²) in [6, 6.07) is 11.1. The number of rotatable bonds is 6. The third-order valence-corrected chi connectivity index (χ3v) is 5.86. The van der Waals surface area contributed by atoms with E-state index in [0.717, 1.165) is 25.3 Å². The van der Waals surface area contributed by atoms with Crippen LogP contribution >= 0.6 is 23.2 Å². The molecule has 0 radical (unpaired) electrons. The fourth-order valence-electron chi connectivity index (χ4n) is 3.48. The first kappa shape index (κ1) is 25.5. The second kappa shape index (κ2) is 9.61. The van der Waals surface area contributed by atoms with Crippen LogP contribution in [0, 0.1) is 0 Å². The molecule has 0 aliphatic heterocycles. The second-order valence-electron chi connectivity index (χ2n) is 7.43. The third kappa shape index (κ3) is 5.01. The molecule has 1 heterocycles. The van der Waals surface area contributed by atoms with Crippen LogP contribution in [0.5, 0.6) is 0 Å². The van der Waals surface area contributed by atoms with Gasteiger partial charge in [-0.15, -0.1) is 0 Å². The van der Waals surface area contributed by atoms with Crippen LogP contribution in [0.2, 0.25) is 10.2 Å². The summed E-state index contributed by atoms with van der Waals surface area (Å²) >= 11 is 12.0. The number of aliphatic hydroxyl groups is 1. The van der Waals surface area contributed by atoms with Crippen molar-refractivity contribution in [2.45, 2.75) is 24.6 Å². The Balaban J connectivity index is 1.93. The summed E-state index contributed by atoms with van der Waals surface area (Å²) in [5.74, 6) is -3.41. The number of halogens is 5. The zero-order valence-electron chi connectivity index (χ0n) is 17.4. The summed E-state index contributed by atoms with van der Waals surface area (Å²) in [5.41, 5.74) is -3.72. The normalized spacial score (nSPS) is 14.2. The maximum absolute atomic E-state index is 14.1. The minimum Gasteiger partial charge on any atom is -0.478 e. The molecule has 0 spiro atoms. The fraction of sp³-hybridized carbons (Fsp3) is 0.174. The molecule has 178 valence electrons. The van der Waals surface area contributed by atoms with Crippen LogP contribution in [0.4, 0.5) is 18.9 Å². The average molecular weight is 513 g/mol. The zero-order valence-corrected chi connectivity index (χ0v) is 18.9. The number of hydrogen-bond acceptors (Lipinski definition) is 4. The van der Waals surface area contributed by atoms with Crippen LogP contribution in [0.25, 0.3) is 0 Å². The Labute approximate surface area is 202 Å². The molecule has 1 amide bonds. The molecule has 0 aliphatic rings. The monoisotopic (exact) mass is 512 g/mol. The van der Waals surface area contributed by atoms with E-state index in [0.29, 0.717) is 0 Å². The molecule has 0 fully saturated rings. The zero-order chi connectivity index (χ0) is 25.3. The summed E-state index contributed by atoms with van der Waals surface area (Å²) in [6.45, 7) is 1.15. The molecule has 0 bridgehead atoms. The maximum Gasteiger partial charge on any atom is 0.422 e. The number of carboxylic acid groups (broad SMARTS) is 1. The van der Waals surface area contributed by atoms with Crippen molar-refractivity contribution < 1.29 is 33.0 Å². The first-order chi connectivity index (χ1) is 15.8. The molecule has 0 saturated heterocycles. The van der Waals surface area contributed by atoms with Crippen molar-refractivity contribution in [3.63, 3.8) is 0 Å². The van der Waals surface area contributed by atoms with E-state index in [2.05, 4.69) is 10.3 Å². The predicted molar refractivity (Wildman–Crippen MR) is 120 cm³/mol. The van der Waals surface area contributed by atoms with Gasteiger partial charge in [0.1, 0.15) is 5.15 Å². The van der Waals surface area contributed by atoms with Gasteiger partial charge in [0.2, 0.25) is 0 Å². The van der Waals surface area contributed by atoms with Crippen molar-refractivity contribution >= 4 is 40.8 Å². The quantitative estimate of drug-likeness (QED) is 0.357. The first-order valence-electron chi connectivity index (χ1n) is 9.70. The van der Waals surface area contributed by atoms with Crippen LogP contribution in [0.3, 0.4) is 0 Å². The van der Waals surface area contributed by atoms with Crippen LogP contribution in [-0.2, 0) is 5.60 Å². The van der Waals surface area contributed by atoms with E-state index < -0.39 is 35.1 Å². The van der Waals surface area contributed by atoms with E-state index in [-0.39, 0.29) is 32.6 Å². The highest BCUT2D eigenvalue weighted by atomic mass is 35.5. The molecule has 0 aliphatic carbocycles. The van der Waals surface area contributed by atoms with Gasteiger partial charge in [-0.3, -0.25) is 4.79 Å². The minimum absolute atomic E-state index is 0.0178. The highest BCUT2D eigenvalue weighted by molar-refractivity contribution is 6.32. The minimum atomic E-state index is -5.09. The average Bonchev–Trinajstić information content (AvgIpc) is 2.77. The Hall–Kier alpha value is -3.14. The number of pyridine rings is 1. The second-order valence-corrected chi connectivity index (χ2v) is 8.22. The lowest BCUT2D eigenvalue weighted by Gasteiger charge is -2.37. The molecule has 3 aromatic rings. The number of carbonyl (C=O) groups excluding carboxylic acids is 1. The molecule has 1 aromatic heterocycles. The number of anilines is 1. The van der Waals surface area contributed by atoms with Crippen molar-refractivity contribution in [3.05, 3.63) is 93.2 Å². The molecule has 0 saturated carbocycles. The molecular formula is C23H17Cl2F3N2O4. The maximum atomic E-state index is 14.1. The Morgan fingerprint density at radius 3 is 2.32 bits per heavy atom. The number of aromatic nitrogens is 1. The molecule has 2 unspecified atom stereocenters. The number of amides is 1. The van der Waals surface area contributed by atoms with E-state index in [9.17, 15) is 27.9 Å². The van der Waals surface area contributed by atoms with Crippen LogP contribution in [-0.4, -0.2) is 33.2 Å². The van der Waals surface area contributed by atoms with Crippen LogP contribution in [0.1, 0.15) is 44.7 Å². The number of benzene rings is 2. The van der Waals surface area contributed by atoms with Gasteiger partial charge in [0, 0.05) is 28.4 Å². The highest BCUT2D eigenvalue weighted by Crippen LogP contribution is 2.50. The number of carbonyl (C=O) groups is 2. The molecule has 2 aromatic carbocycles. The Morgan fingerprint density at radius 1 is 1.03 bits per heavy atom. The predicted octanol–water partition coefficient (Wildman–Crippen LogP) is 5.89. The van der Waals surface area contributed by atoms with Crippen molar-refractivity contribution in [2.24, 2.45) is 0 Å². The highest BCUT2D eigenvalue weighted by Gasteiger charge is 2.59. The van der Waals surface area contributed by atoms with Gasteiger partial charge in [-0.1, -0.05) is 42.3 Å². The third-order valence-electron chi connectivity index (χ3n) is 5.32. The van der Waals surface area contributed by atoms with Crippen molar-refractivity contribution in [1.82, 2.24) is 4.98 Å². The fourth-order valence-corrected chi connectivity index (χ4v) is 3.99. The van der Waals surface area contributed by atoms with E-state index in [1.165, 1.54) is 42.5 Å². The summed E-state index contributed by atoms with van der Waals surface area (Å²) < 4.78 is 42.2. The van der Waals surface area contributed by atoms with Crippen molar-refractivity contribution in [1.29, 1.82) is 0 Å². The smallest absolute Gasteiger partial charge is 0.422 e. The molecule has 34 heavy (non-hydrogen) atoms. The van der Waals surface area contributed by atoms with Crippen LogP contribution < -0.4 is 5.32 Å². The topological polar surface area (TPSA) is 99.5 Å². The van der Waals surface area contributed by atoms with Crippen molar-refractivity contribution in [2.75, 3.05) is 5.32 Å². The molecule has 2 atom stereocenters. The van der Waals surface area contributed by atoms with E-state index in [1.807, 2.05) is 0 Å². The number of nitrogens with one attached hydrogen (secondary N) is 1. The lowest BCUT2D eigenvalue weighted by molar-refractivity contribution is -0.274. The van der Waals surface area contributed by atoms with Gasteiger partial charge in [0.25, 0.3) is 5.91 Å². The molecule has 3 N–H and O–H groups in total. The van der Waals surface area contributed by atoms with E-state index in [4.69, 9.17) is 28.3 Å². The number of alkyl halides is 3. The lowest BCUT2D eigenvalue weighted by Crippen LogP contribution is -2.46. The Kier molecular flexibility index (Phi) is 7.21.